The molecule has 0 radical (unpaired) electrons. The minimum absolute atomic E-state index is 0.0316. The zero-order chi connectivity index (χ0) is 20.3. The van der Waals surface area contributed by atoms with E-state index in [1.165, 1.54) is 12.2 Å². The second-order valence-electron chi connectivity index (χ2n) is 5.67. The molecule has 0 N–H and O–H groups in total. The van der Waals surface area contributed by atoms with E-state index >= 15 is 0 Å². The number of allylic oxidation sites excluding steroid dienone is 3. The van der Waals surface area contributed by atoms with Crippen LogP contribution < -0.4 is 0 Å². The predicted molar refractivity (Wildman–Crippen MR) is 86.9 cm³/mol. The van der Waals surface area contributed by atoms with Crippen LogP contribution in [0.3, 0.4) is 0 Å². The van der Waals surface area contributed by atoms with Crippen molar-refractivity contribution in [1.29, 1.82) is 0 Å². The molecule has 26 heavy (non-hydrogen) atoms. The van der Waals surface area contributed by atoms with E-state index in [0.29, 0.717) is 24.1 Å². The van der Waals surface area contributed by atoms with Gasteiger partial charge in [-0.05, 0) is 50.1 Å². The van der Waals surface area contributed by atoms with Gasteiger partial charge in [-0.1, -0.05) is 18.6 Å². The van der Waals surface area contributed by atoms with Gasteiger partial charge in [-0.2, -0.15) is 26.3 Å². The largest absolute Gasteiger partial charge is 0.416 e. The van der Waals surface area contributed by atoms with Gasteiger partial charge in [-0.25, -0.2) is 8.42 Å². The smallest absolute Gasteiger partial charge is 0.223 e. The van der Waals surface area contributed by atoms with E-state index in [2.05, 4.69) is 0 Å². The minimum Gasteiger partial charge on any atom is -0.223 e. The molecule has 146 valence electrons. The van der Waals surface area contributed by atoms with Crippen molar-refractivity contribution in [3.05, 3.63) is 57.5 Å². The van der Waals surface area contributed by atoms with Crippen molar-refractivity contribution >= 4 is 9.84 Å². The molecule has 0 saturated heterocycles. The predicted octanol–water partition coefficient (Wildman–Crippen LogP) is 5.90. The van der Waals surface area contributed by atoms with Crippen molar-refractivity contribution < 1.29 is 34.8 Å². The van der Waals surface area contributed by atoms with Gasteiger partial charge in [-0.3, -0.25) is 0 Å². The zero-order valence-electron chi connectivity index (χ0n) is 14.3. The first-order chi connectivity index (χ1) is 11.7. The summed E-state index contributed by atoms with van der Waals surface area (Å²) in [5, 5.41) is 0. The van der Waals surface area contributed by atoms with Gasteiger partial charge in [0.05, 0.1) is 21.8 Å². The summed E-state index contributed by atoms with van der Waals surface area (Å²) >= 11 is 0. The van der Waals surface area contributed by atoms with Crippen LogP contribution >= 0.6 is 0 Å². The molecule has 9 heteroatoms. The first-order valence-corrected chi connectivity index (χ1v) is 9.21. The van der Waals surface area contributed by atoms with Crippen molar-refractivity contribution in [2.45, 2.75) is 45.3 Å². The van der Waals surface area contributed by atoms with Crippen LogP contribution in [0, 0.1) is 0 Å². The molecule has 0 bridgehead atoms. The molecular weight excluding hydrogens is 382 g/mol. The molecule has 0 atom stereocenters. The summed E-state index contributed by atoms with van der Waals surface area (Å²) in [6.45, 7) is 4.80. The quantitative estimate of drug-likeness (QED) is 0.456. The molecule has 0 spiro atoms. The third kappa shape index (κ3) is 5.62. The Hall–Kier alpha value is -1.77. The second kappa shape index (κ2) is 7.85. The topological polar surface area (TPSA) is 34.1 Å². The molecule has 0 aliphatic carbocycles. The van der Waals surface area contributed by atoms with E-state index in [9.17, 15) is 34.8 Å². The maximum atomic E-state index is 12.9. The molecule has 1 rings (SSSR count). The molecule has 0 heterocycles. The molecule has 0 aliphatic heterocycles. The monoisotopic (exact) mass is 400 g/mol. The van der Waals surface area contributed by atoms with Gasteiger partial charge in [0, 0.05) is 0 Å². The molecule has 2 nitrogen and oxygen atoms in total. The van der Waals surface area contributed by atoms with Gasteiger partial charge in [-0.15, -0.1) is 0 Å². The van der Waals surface area contributed by atoms with Crippen LogP contribution in [0.2, 0.25) is 0 Å². The summed E-state index contributed by atoms with van der Waals surface area (Å²) in [4.78, 5) is -0.103. The number of benzene rings is 1. The zero-order valence-corrected chi connectivity index (χ0v) is 15.1. The minimum atomic E-state index is -5.03. The highest BCUT2D eigenvalue weighted by molar-refractivity contribution is 7.94. The number of hydrogen-bond acceptors (Lipinski definition) is 2. The average molecular weight is 400 g/mol. The van der Waals surface area contributed by atoms with Crippen LogP contribution in [0.25, 0.3) is 0 Å². The van der Waals surface area contributed by atoms with Crippen molar-refractivity contribution in [2.24, 2.45) is 0 Å². The molecule has 1 aromatic rings. The van der Waals surface area contributed by atoms with Gasteiger partial charge < -0.3 is 0 Å². The third-order valence-electron chi connectivity index (χ3n) is 3.61. The van der Waals surface area contributed by atoms with Crippen molar-refractivity contribution in [3.63, 3.8) is 0 Å². The summed E-state index contributed by atoms with van der Waals surface area (Å²) in [6, 6.07) is 0.832. The van der Waals surface area contributed by atoms with E-state index in [1.807, 2.05) is 0 Å². The lowest BCUT2D eigenvalue weighted by Crippen LogP contribution is -2.14. The van der Waals surface area contributed by atoms with Gasteiger partial charge in [0.2, 0.25) is 0 Å². The lowest BCUT2D eigenvalue weighted by molar-refractivity contribution is -0.143. The lowest BCUT2D eigenvalue weighted by atomic mass is 10.1. The fourth-order valence-electron chi connectivity index (χ4n) is 2.24. The van der Waals surface area contributed by atoms with Gasteiger partial charge >= 0.3 is 12.4 Å². The van der Waals surface area contributed by atoms with E-state index in [-0.39, 0.29) is 11.0 Å². The third-order valence-corrected chi connectivity index (χ3v) is 5.48. The molecule has 1 aromatic carbocycles. The van der Waals surface area contributed by atoms with Crippen molar-refractivity contribution in [3.8, 4) is 0 Å². The maximum absolute atomic E-state index is 12.9. The van der Waals surface area contributed by atoms with Gasteiger partial charge in [0.25, 0.3) is 0 Å². The number of rotatable bonds is 5. The second-order valence-corrected chi connectivity index (χ2v) is 7.63. The van der Waals surface area contributed by atoms with Crippen LogP contribution in [-0.2, 0) is 27.9 Å². The number of sulfone groups is 1. The Labute approximate surface area is 148 Å². The summed E-state index contributed by atoms with van der Waals surface area (Å²) in [5.41, 5.74) is -3.19. The molecular formula is C17H18F6O2S. The Morgan fingerprint density at radius 2 is 1.46 bits per heavy atom. The van der Waals surface area contributed by atoms with Gasteiger partial charge in [0.15, 0.2) is 9.84 Å². The van der Waals surface area contributed by atoms with Crippen LogP contribution in [-0.4, -0.2) is 8.42 Å². The van der Waals surface area contributed by atoms with Crippen LogP contribution in [0.5, 0.6) is 0 Å². The standard InChI is InChI=1S/C17H18F6O2S/c1-4-6-15(11(3)5-2)26(24,25)10-12-7-13(16(18,19)20)9-14(8-12)17(21,22)23/h4,6-9H,5,10H2,1-3H3/b6-4-,15-11-. The van der Waals surface area contributed by atoms with Crippen molar-refractivity contribution in [2.75, 3.05) is 0 Å². The van der Waals surface area contributed by atoms with E-state index in [1.54, 1.807) is 20.8 Å². The molecule has 0 amide bonds. The highest BCUT2D eigenvalue weighted by atomic mass is 32.2. The normalized spacial score (nSPS) is 14.7. The lowest BCUT2D eigenvalue weighted by Gasteiger charge is -2.15. The highest BCUT2D eigenvalue weighted by Gasteiger charge is 2.37. The molecule has 0 aliphatic rings. The summed E-state index contributed by atoms with van der Waals surface area (Å²) in [5.74, 6) is -0.961. The molecule has 0 aromatic heterocycles. The first kappa shape index (κ1) is 22.3. The first-order valence-electron chi connectivity index (χ1n) is 7.56. The van der Waals surface area contributed by atoms with Crippen molar-refractivity contribution in [1.82, 2.24) is 0 Å². The fraction of sp³-hybridized carbons (Fsp3) is 0.412. The van der Waals surface area contributed by atoms with Crippen LogP contribution in [0.1, 0.15) is 43.9 Å². The fourth-order valence-corrected chi connectivity index (χ4v) is 4.02. The average Bonchev–Trinajstić information content (AvgIpc) is 2.49. The molecule has 0 unspecified atom stereocenters. The molecule has 0 fully saturated rings. The number of hydrogen-bond donors (Lipinski definition) is 0. The Balaban J connectivity index is 3.53. The Bertz CT molecular complexity index is 782. The Kier molecular flexibility index (Phi) is 6.73. The van der Waals surface area contributed by atoms with Crippen LogP contribution in [0.15, 0.2) is 40.8 Å². The van der Waals surface area contributed by atoms with Crippen LogP contribution in [0.4, 0.5) is 26.3 Å². The number of alkyl halides is 6. The summed E-state index contributed by atoms with van der Waals surface area (Å²) in [7, 11) is -4.12. The van der Waals surface area contributed by atoms with E-state index < -0.39 is 44.6 Å². The molecule has 0 saturated carbocycles. The van der Waals surface area contributed by atoms with E-state index in [4.69, 9.17) is 0 Å². The van der Waals surface area contributed by atoms with Gasteiger partial charge in [0.1, 0.15) is 0 Å². The van der Waals surface area contributed by atoms with E-state index in [0.717, 1.165) is 0 Å². The Morgan fingerprint density at radius 3 is 1.81 bits per heavy atom. The SMILES string of the molecule is C/C=C\C(=C(/C)CC)S(=O)(=O)Cc1cc(C(F)(F)F)cc(C(F)(F)F)c1. The highest BCUT2D eigenvalue weighted by Crippen LogP contribution is 2.37. The summed E-state index contributed by atoms with van der Waals surface area (Å²) in [6.07, 6.45) is -6.96. The summed E-state index contributed by atoms with van der Waals surface area (Å²) < 4.78 is 102. The maximum Gasteiger partial charge on any atom is 0.416 e. The Morgan fingerprint density at radius 1 is 1.00 bits per heavy atom. The number of halogens is 6.